The largest absolute Gasteiger partial charge is 0.463 e. The van der Waals surface area contributed by atoms with Gasteiger partial charge in [-0.2, -0.15) is 0 Å². The maximum absolute atomic E-state index is 12.5. The highest BCUT2D eigenvalue weighted by Crippen LogP contribution is 2.19. The fraction of sp³-hybridized carbons (Fsp3) is 0.182. The Balaban J connectivity index is 1.69. The monoisotopic (exact) mass is 379 g/mol. The zero-order valence-electron chi connectivity index (χ0n) is 15.6. The van der Waals surface area contributed by atoms with Crippen molar-refractivity contribution in [3.8, 4) is 0 Å². The molecule has 1 aromatic heterocycles. The van der Waals surface area contributed by atoms with Crippen LogP contribution in [-0.2, 0) is 9.53 Å². The lowest BCUT2D eigenvalue weighted by Crippen LogP contribution is -2.87. The van der Waals surface area contributed by atoms with Crippen LogP contribution >= 0.6 is 0 Å². The molecular weight excluding hydrogens is 356 g/mol. The summed E-state index contributed by atoms with van der Waals surface area (Å²) >= 11 is 0. The van der Waals surface area contributed by atoms with Crippen molar-refractivity contribution in [2.45, 2.75) is 13.0 Å². The van der Waals surface area contributed by atoms with E-state index in [9.17, 15) is 9.59 Å². The number of para-hydroxylation sites is 1. The zero-order valence-corrected chi connectivity index (χ0v) is 15.6. The number of amides is 1. The van der Waals surface area contributed by atoms with E-state index in [0.717, 1.165) is 11.3 Å². The Bertz CT molecular complexity index is 907. The van der Waals surface area contributed by atoms with Crippen LogP contribution in [0.2, 0.25) is 0 Å². The third kappa shape index (κ3) is 4.86. The van der Waals surface area contributed by atoms with Crippen molar-refractivity contribution in [3.63, 3.8) is 0 Å². The van der Waals surface area contributed by atoms with Gasteiger partial charge in [-0.25, -0.2) is 4.79 Å². The Labute approximate surface area is 163 Å². The first-order valence-corrected chi connectivity index (χ1v) is 9.16. The lowest BCUT2D eigenvalue weighted by Gasteiger charge is -2.14. The van der Waals surface area contributed by atoms with E-state index < -0.39 is 5.97 Å². The number of furan rings is 1. The number of ether oxygens (including phenoxy) is 1. The van der Waals surface area contributed by atoms with Crippen LogP contribution in [-0.4, -0.2) is 25.0 Å². The second kappa shape index (κ2) is 9.53. The Morgan fingerprint density at radius 2 is 1.79 bits per heavy atom. The lowest BCUT2D eigenvalue weighted by molar-refractivity contribution is -0.678. The highest BCUT2D eigenvalue weighted by molar-refractivity contribution is 6.01. The Morgan fingerprint density at radius 1 is 1.04 bits per heavy atom. The second-order valence-electron chi connectivity index (χ2n) is 6.16. The molecule has 144 valence electrons. The molecule has 6 heteroatoms. The van der Waals surface area contributed by atoms with Crippen LogP contribution in [0.1, 0.15) is 34.6 Å². The first kappa shape index (κ1) is 19.4. The van der Waals surface area contributed by atoms with Crippen LogP contribution < -0.4 is 10.6 Å². The molecule has 0 spiro atoms. The summed E-state index contributed by atoms with van der Waals surface area (Å²) in [6, 6.07) is 20.2. The van der Waals surface area contributed by atoms with E-state index in [-0.39, 0.29) is 25.1 Å². The van der Waals surface area contributed by atoms with Gasteiger partial charge in [0, 0.05) is 5.56 Å². The van der Waals surface area contributed by atoms with E-state index >= 15 is 0 Å². The summed E-state index contributed by atoms with van der Waals surface area (Å²) in [5, 5.41) is 4.70. The average Bonchev–Trinajstić information content (AvgIpc) is 3.24. The topological polar surface area (TPSA) is 85.1 Å². The predicted octanol–water partition coefficient (Wildman–Crippen LogP) is 2.75. The molecule has 1 atom stereocenters. The molecule has 1 amide bonds. The normalized spacial score (nSPS) is 11.6. The molecule has 0 radical (unpaired) electrons. The molecule has 3 aromatic rings. The minimum atomic E-state index is -0.458. The number of quaternary nitrogens is 1. The second-order valence-corrected chi connectivity index (χ2v) is 6.16. The molecule has 0 saturated heterocycles. The minimum Gasteiger partial charge on any atom is -0.463 e. The Kier molecular flexibility index (Phi) is 6.59. The first-order chi connectivity index (χ1) is 13.7. The molecular formula is C22H23N2O4+. The third-order valence-corrected chi connectivity index (χ3v) is 4.24. The van der Waals surface area contributed by atoms with Gasteiger partial charge < -0.3 is 19.8 Å². The molecule has 3 rings (SSSR count). The van der Waals surface area contributed by atoms with Crippen molar-refractivity contribution in [2.24, 2.45) is 0 Å². The fourth-order valence-corrected chi connectivity index (χ4v) is 2.95. The van der Waals surface area contributed by atoms with Gasteiger partial charge in [0.25, 0.3) is 5.91 Å². The van der Waals surface area contributed by atoms with Gasteiger partial charge in [-0.05, 0) is 31.2 Å². The maximum Gasteiger partial charge on any atom is 0.340 e. The number of carbonyl (C=O) groups excluding carboxylic acids is 2. The first-order valence-electron chi connectivity index (χ1n) is 9.16. The van der Waals surface area contributed by atoms with E-state index in [1.54, 1.807) is 37.5 Å². The van der Waals surface area contributed by atoms with Crippen LogP contribution in [0.25, 0.3) is 0 Å². The maximum atomic E-state index is 12.5. The van der Waals surface area contributed by atoms with Gasteiger partial charge in [-0.3, -0.25) is 4.79 Å². The number of rotatable bonds is 8. The molecule has 0 saturated carbocycles. The molecule has 3 N–H and O–H groups in total. The van der Waals surface area contributed by atoms with Crippen molar-refractivity contribution in [1.82, 2.24) is 0 Å². The van der Waals surface area contributed by atoms with Crippen LogP contribution in [0.4, 0.5) is 5.69 Å². The highest BCUT2D eigenvalue weighted by atomic mass is 16.5. The smallest absolute Gasteiger partial charge is 0.340 e. The van der Waals surface area contributed by atoms with E-state index in [1.807, 2.05) is 47.8 Å². The molecule has 0 unspecified atom stereocenters. The predicted molar refractivity (Wildman–Crippen MR) is 105 cm³/mol. The van der Waals surface area contributed by atoms with E-state index in [4.69, 9.17) is 9.15 Å². The van der Waals surface area contributed by atoms with Gasteiger partial charge in [0.05, 0.1) is 24.1 Å². The average molecular weight is 379 g/mol. The van der Waals surface area contributed by atoms with Crippen LogP contribution in [0.5, 0.6) is 0 Å². The molecule has 0 fully saturated rings. The summed E-state index contributed by atoms with van der Waals surface area (Å²) in [4.78, 5) is 24.6. The van der Waals surface area contributed by atoms with Crippen molar-refractivity contribution < 1.29 is 24.1 Å². The SMILES string of the molecule is CCOC(=O)c1ccccc1NC(=O)C[NH2+][C@@H](c1ccccc1)c1ccco1. The molecule has 0 aliphatic heterocycles. The minimum absolute atomic E-state index is 0.137. The van der Waals surface area contributed by atoms with Crippen LogP contribution in [0.3, 0.4) is 0 Å². The van der Waals surface area contributed by atoms with E-state index in [0.29, 0.717) is 11.3 Å². The fourth-order valence-electron chi connectivity index (χ4n) is 2.95. The Morgan fingerprint density at radius 3 is 2.50 bits per heavy atom. The molecule has 2 aromatic carbocycles. The molecule has 28 heavy (non-hydrogen) atoms. The molecule has 6 nitrogen and oxygen atoms in total. The summed E-state index contributed by atoms with van der Waals surface area (Å²) in [7, 11) is 0. The van der Waals surface area contributed by atoms with E-state index in [1.165, 1.54) is 0 Å². The van der Waals surface area contributed by atoms with Crippen molar-refractivity contribution in [3.05, 3.63) is 89.9 Å². The van der Waals surface area contributed by atoms with E-state index in [2.05, 4.69) is 5.32 Å². The third-order valence-electron chi connectivity index (χ3n) is 4.24. The zero-order chi connectivity index (χ0) is 19.8. The van der Waals surface area contributed by atoms with Crippen LogP contribution in [0.15, 0.2) is 77.4 Å². The standard InChI is InChI=1S/C22H22N2O4/c1-2-27-22(26)17-11-6-7-12-18(17)24-20(25)15-23-21(19-13-8-14-28-19)16-9-4-3-5-10-16/h3-14,21,23H,2,15H2,1H3,(H,24,25)/p+1/t21-/m0/s1. The number of carbonyl (C=O) groups is 2. The molecule has 0 aliphatic carbocycles. The lowest BCUT2D eigenvalue weighted by atomic mass is 10.0. The van der Waals surface area contributed by atoms with Crippen LogP contribution in [0, 0.1) is 0 Å². The summed E-state index contributed by atoms with van der Waals surface area (Å²) < 4.78 is 10.6. The van der Waals surface area contributed by atoms with Crippen molar-refractivity contribution in [2.75, 3.05) is 18.5 Å². The summed E-state index contributed by atoms with van der Waals surface area (Å²) in [5.74, 6) is 0.0929. The molecule has 1 heterocycles. The number of anilines is 1. The number of nitrogens with two attached hydrogens (primary N) is 1. The van der Waals surface area contributed by atoms with Gasteiger partial charge in [0.2, 0.25) is 0 Å². The van der Waals surface area contributed by atoms with Gasteiger partial charge in [0.1, 0.15) is 0 Å². The number of hydrogen-bond donors (Lipinski definition) is 2. The van der Waals surface area contributed by atoms with Gasteiger partial charge in [-0.15, -0.1) is 0 Å². The van der Waals surface area contributed by atoms with Crippen molar-refractivity contribution in [1.29, 1.82) is 0 Å². The summed E-state index contributed by atoms with van der Waals surface area (Å²) in [5.41, 5.74) is 1.81. The summed E-state index contributed by atoms with van der Waals surface area (Å²) in [6.45, 7) is 2.18. The highest BCUT2D eigenvalue weighted by Gasteiger charge is 2.22. The quantitative estimate of drug-likeness (QED) is 0.590. The number of hydrogen-bond acceptors (Lipinski definition) is 4. The van der Waals surface area contributed by atoms with Gasteiger partial charge in [-0.1, -0.05) is 42.5 Å². The van der Waals surface area contributed by atoms with Gasteiger partial charge in [0.15, 0.2) is 18.3 Å². The van der Waals surface area contributed by atoms with Gasteiger partial charge >= 0.3 is 5.97 Å². The number of esters is 1. The summed E-state index contributed by atoms with van der Waals surface area (Å²) in [6.07, 6.45) is 1.62. The number of nitrogens with one attached hydrogen (secondary N) is 1. The molecule has 0 aliphatic rings. The molecule has 0 bridgehead atoms. The van der Waals surface area contributed by atoms with Crippen molar-refractivity contribution >= 4 is 17.6 Å². The Hall–Kier alpha value is -3.38. The number of benzene rings is 2.